The highest BCUT2D eigenvalue weighted by atomic mass is 79.9. The van der Waals surface area contributed by atoms with Crippen molar-refractivity contribution in [2.75, 3.05) is 11.9 Å². The van der Waals surface area contributed by atoms with Crippen LogP contribution in [0.1, 0.15) is 24.1 Å². The molecule has 7 nitrogen and oxygen atoms in total. The molecule has 1 amide bonds. The Kier molecular flexibility index (Phi) is 7.71. The summed E-state index contributed by atoms with van der Waals surface area (Å²) in [6, 6.07) is 12.6. The fourth-order valence-electron chi connectivity index (χ4n) is 3.20. The molecule has 0 radical (unpaired) electrons. The summed E-state index contributed by atoms with van der Waals surface area (Å²) in [7, 11) is -4.36. The van der Waals surface area contributed by atoms with Gasteiger partial charge in [0.2, 0.25) is 0 Å². The van der Waals surface area contributed by atoms with Crippen molar-refractivity contribution in [2.45, 2.75) is 30.8 Å². The smallest absolute Gasteiger partial charge is 0.435 e. The van der Waals surface area contributed by atoms with E-state index in [4.69, 9.17) is 0 Å². The molecule has 0 unspecified atom stereocenters. The number of benzene rings is 2. The van der Waals surface area contributed by atoms with Crippen LogP contribution in [0.4, 0.5) is 18.0 Å². The molecule has 1 N–H and O–H groups in total. The minimum Gasteiger partial charge on any atom is -0.464 e. The molecular weight excluding hydrogens is 539 g/mol. The lowest BCUT2D eigenvalue weighted by Crippen LogP contribution is -2.36. The molecular formula is C22H21BrF3N3O4S. The van der Waals surface area contributed by atoms with Gasteiger partial charge < -0.3 is 5.11 Å². The molecule has 182 valence electrons. The van der Waals surface area contributed by atoms with Gasteiger partial charge in [-0.25, -0.2) is 22.2 Å². The van der Waals surface area contributed by atoms with Crippen LogP contribution in [0.15, 0.2) is 59.5 Å². The van der Waals surface area contributed by atoms with Gasteiger partial charge in [-0.15, -0.1) is 0 Å². The average molecular weight is 560 g/mol. The first-order valence-corrected chi connectivity index (χ1v) is 12.7. The maximum atomic E-state index is 13.4. The topological polar surface area (TPSA) is 92.5 Å². The highest BCUT2D eigenvalue weighted by Crippen LogP contribution is 2.33. The normalized spacial score (nSPS) is 12.0. The number of sulfonamides is 1. The Morgan fingerprint density at radius 2 is 1.71 bits per heavy atom. The molecule has 1 aromatic heterocycles. The monoisotopic (exact) mass is 559 g/mol. The second-order valence-corrected chi connectivity index (χ2v) is 10.1. The van der Waals surface area contributed by atoms with E-state index in [-0.39, 0.29) is 22.8 Å². The van der Waals surface area contributed by atoms with Crippen molar-refractivity contribution in [3.8, 4) is 16.9 Å². The number of rotatable bonds is 8. The number of hydrogen-bond acceptors (Lipinski definition) is 4. The van der Waals surface area contributed by atoms with Gasteiger partial charge in [0, 0.05) is 17.4 Å². The first-order valence-electron chi connectivity index (χ1n) is 10.1. The number of carbonyl (C=O) groups is 1. The third-order valence-electron chi connectivity index (χ3n) is 4.97. The number of hydrogen-bond donors (Lipinski definition) is 1. The predicted molar refractivity (Wildman–Crippen MR) is 124 cm³/mol. The van der Waals surface area contributed by atoms with Crippen LogP contribution in [0.2, 0.25) is 0 Å². The molecule has 2 aromatic carbocycles. The Bertz CT molecular complexity index is 1260. The van der Waals surface area contributed by atoms with Gasteiger partial charge in [-0.1, -0.05) is 45.8 Å². The number of halogens is 4. The van der Waals surface area contributed by atoms with Gasteiger partial charge in [0.05, 0.1) is 16.3 Å². The Balaban J connectivity index is 2.01. The number of amides is 1. The van der Waals surface area contributed by atoms with Crippen molar-refractivity contribution in [3.05, 3.63) is 65.9 Å². The first kappa shape index (κ1) is 25.8. The van der Waals surface area contributed by atoms with Gasteiger partial charge in [0.25, 0.3) is 10.0 Å². The molecule has 1 heterocycles. The second-order valence-electron chi connectivity index (χ2n) is 7.44. The molecule has 0 spiro atoms. The number of unbranched alkanes of at least 4 members (excludes halogenated alkanes) is 1. The van der Waals surface area contributed by atoms with E-state index in [9.17, 15) is 31.5 Å². The lowest BCUT2D eigenvalue weighted by Gasteiger charge is -2.19. The van der Waals surface area contributed by atoms with Crippen molar-refractivity contribution in [1.29, 1.82) is 0 Å². The van der Waals surface area contributed by atoms with Gasteiger partial charge in [0.15, 0.2) is 5.69 Å². The molecule has 12 heteroatoms. The summed E-state index contributed by atoms with van der Waals surface area (Å²) in [5, 5.41) is 13.7. The van der Waals surface area contributed by atoms with Gasteiger partial charge >= 0.3 is 12.3 Å². The van der Waals surface area contributed by atoms with Crippen molar-refractivity contribution in [2.24, 2.45) is 0 Å². The molecule has 0 bridgehead atoms. The summed E-state index contributed by atoms with van der Waals surface area (Å²) < 4.78 is 67.2. The fraction of sp³-hybridized carbons (Fsp3) is 0.273. The maximum absolute atomic E-state index is 13.4. The van der Waals surface area contributed by atoms with Crippen molar-refractivity contribution >= 4 is 32.0 Å². The van der Waals surface area contributed by atoms with Gasteiger partial charge in [-0.2, -0.15) is 18.3 Å². The van der Waals surface area contributed by atoms with E-state index in [0.717, 1.165) is 28.4 Å². The quantitative estimate of drug-likeness (QED) is 0.282. The van der Waals surface area contributed by atoms with Crippen LogP contribution < -0.4 is 0 Å². The van der Waals surface area contributed by atoms with Gasteiger partial charge in [-0.05, 0) is 50.1 Å². The number of aryl methyl sites for hydroxylation is 1. The fourth-order valence-corrected chi connectivity index (χ4v) is 4.91. The van der Waals surface area contributed by atoms with Crippen LogP contribution >= 0.6 is 15.9 Å². The zero-order valence-electron chi connectivity index (χ0n) is 18.0. The predicted octanol–water partition coefficient (Wildman–Crippen LogP) is 5.71. The number of carboxylic acid groups (broad SMARTS) is 1. The van der Waals surface area contributed by atoms with Crippen molar-refractivity contribution < 1.29 is 31.5 Å². The SMILES string of the molecule is Cc1ccc(-c2cc(C(F)(F)F)nn2-c2ccc(S(=O)(=O)N(CCCCBr)C(=O)O)cc2)cc1. The van der Waals surface area contributed by atoms with Crippen LogP contribution in [0, 0.1) is 6.92 Å². The zero-order chi connectivity index (χ0) is 25.1. The summed E-state index contributed by atoms with van der Waals surface area (Å²) in [6.45, 7) is 1.64. The van der Waals surface area contributed by atoms with E-state index < -0.39 is 28.0 Å². The molecule has 0 saturated carbocycles. The van der Waals surface area contributed by atoms with E-state index in [2.05, 4.69) is 21.0 Å². The summed E-state index contributed by atoms with van der Waals surface area (Å²) in [5.74, 6) is 0. The molecule has 0 fully saturated rings. The van der Waals surface area contributed by atoms with Crippen LogP contribution in [0.25, 0.3) is 16.9 Å². The van der Waals surface area contributed by atoms with Crippen LogP contribution in [-0.4, -0.2) is 45.6 Å². The lowest BCUT2D eigenvalue weighted by molar-refractivity contribution is -0.141. The summed E-state index contributed by atoms with van der Waals surface area (Å²) in [6.07, 6.45) is -5.36. The van der Waals surface area contributed by atoms with E-state index in [1.165, 1.54) is 12.1 Å². The minimum absolute atomic E-state index is 0.171. The van der Waals surface area contributed by atoms with Gasteiger partial charge in [-0.3, -0.25) is 0 Å². The molecule has 0 aliphatic carbocycles. The highest BCUT2D eigenvalue weighted by molar-refractivity contribution is 9.09. The average Bonchev–Trinajstić information content (AvgIpc) is 3.23. The number of alkyl halides is 4. The Morgan fingerprint density at radius 1 is 1.09 bits per heavy atom. The Morgan fingerprint density at radius 3 is 2.24 bits per heavy atom. The number of nitrogens with zero attached hydrogens (tertiary/aromatic N) is 3. The van der Waals surface area contributed by atoms with E-state index in [0.29, 0.717) is 28.0 Å². The van der Waals surface area contributed by atoms with Crippen molar-refractivity contribution in [3.63, 3.8) is 0 Å². The molecule has 0 atom stereocenters. The maximum Gasteiger partial charge on any atom is 0.435 e. The Labute approximate surface area is 203 Å². The Hall–Kier alpha value is -2.86. The van der Waals surface area contributed by atoms with Crippen LogP contribution in [-0.2, 0) is 16.2 Å². The van der Waals surface area contributed by atoms with E-state index in [1.54, 1.807) is 24.3 Å². The minimum atomic E-state index is -4.68. The van der Waals surface area contributed by atoms with Crippen LogP contribution in [0.3, 0.4) is 0 Å². The molecule has 0 aliphatic heterocycles. The molecule has 34 heavy (non-hydrogen) atoms. The summed E-state index contributed by atoms with van der Waals surface area (Å²) in [5.41, 5.74) is 0.688. The van der Waals surface area contributed by atoms with Crippen molar-refractivity contribution in [1.82, 2.24) is 14.1 Å². The van der Waals surface area contributed by atoms with Crippen LogP contribution in [0.5, 0.6) is 0 Å². The zero-order valence-corrected chi connectivity index (χ0v) is 20.4. The highest BCUT2D eigenvalue weighted by Gasteiger charge is 2.35. The van der Waals surface area contributed by atoms with Gasteiger partial charge in [0.1, 0.15) is 0 Å². The molecule has 0 saturated heterocycles. The van der Waals surface area contributed by atoms with E-state index >= 15 is 0 Å². The standard InChI is InChI=1S/C22H21BrF3N3O4S/c1-15-4-6-16(7-5-15)19-14-20(22(24,25)26)27-29(19)17-8-10-18(11-9-17)34(32,33)28(21(30)31)13-3-2-12-23/h4-11,14H,2-3,12-13H2,1H3,(H,30,31). The molecule has 0 aliphatic rings. The summed E-state index contributed by atoms with van der Waals surface area (Å²) >= 11 is 3.21. The first-order chi connectivity index (χ1) is 15.9. The second kappa shape index (κ2) is 10.2. The largest absolute Gasteiger partial charge is 0.464 e. The summed E-state index contributed by atoms with van der Waals surface area (Å²) in [4.78, 5) is 11.2. The number of aromatic nitrogens is 2. The van der Waals surface area contributed by atoms with E-state index in [1.807, 2.05) is 6.92 Å². The molecule has 3 aromatic rings. The third-order valence-corrected chi connectivity index (χ3v) is 7.32. The lowest BCUT2D eigenvalue weighted by atomic mass is 10.1. The third kappa shape index (κ3) is 5.61. The molecule has 3 rings (SSSR count).